The number of hydrogen-bond acceptors (Lipinski definition) is 3. The molecule has 0 spiro atoms. The van der Waals surface area contributed by atoms with Crippen LogP contribution >= 0.6 is 0 Å². The van der Waals surface area contributed by atoms with E-state index < -0.39 is 29.0 Å². The molecule has 1 aromatic rings. The van der Waals surface area contributed by atoms with Crippen LogP contribution < -0.4 is 10.5 Å². The van der Waals surface area contributed by atoms with E-state index in [4.69, 9.17) is 5.73 Å². The zero-order valence-corrected chi connectivity index (χ0v) is 11.8. The van der Waals surface area contributed by atoms with Gasteiger partial charge in [0.05, 0.1) is 18.0 Å². The molecule has 20 heavy (non-hydrogen) atoms. The highest BCUT2D eigenvalue weighted by Crippen LogP contribution is 2.24. The van der Waals surface area contributed by atoms with Gasteiger partial charge in [0.15, 0.2) is 0 Å². The fourth-order valence-electron chi connectivity index (χ4n) is 2.23. The lowest BCUT2D eigenvalue weighted by Gasteiger charge is -2.18. The molecule has 0 atom stereocenters. The molecule has 0 aliphatic heterocycles. The van der Waals surface area contributed by atoms with E-state index in [2.05, 4.69) is 0 Å². The van der Waals surface area contributed by atoms with Gasteiger partial charge in [-0.25, -0.2) is 21.9 Å². The van der Waals surface area contributed by atoms with Crippen LogP contribution in [0.5, 0.6) is 0 Å². The van der Waals surface area contributed by atoms with Crippen LogP contribution in [0.15, 0.2) is 23.1 Å². The standard InChI is InChI=1S/C13H18F2N2O2S/c14-13(15,8-16)9-17-20(18,19)12-6-5-10-3-1-2-4-11(10)7-12/h5-7,17H,1-4,8-9,16H2. The zero-order chi connectivity index (χ0) is 14.8. The van der Waals surface area contributed by atoms with Crippen molar-refractivity contribution in [2.75, 3.05) is 13.1 Å². The molecule has 1 aliphatic rings. The van der Waals surface area contributed by atoms with E-state index in [0.717, 1.165) is 36.8 Å². The van der Waals surface area contributed by atoms with Gasteiger partial charge < -0.3 is 5.73 Å². The summed E-state index contributed by atoms with van der Waals surface area (Å²) in [6.07, 6.45) is 3.89. The Morgan fingerprint density at radius 2 is 1.85 bits per heavy atom. The van der Waals surface area contributed by atoms with Crippen molar-refractivity contribution in [3.8, 4) is 0 Å². The number of nitrogens with one attached hydrogen (secondary N) is 1. The number of aryl methyl sites for hydroxylation is 2. The van der Waals surface area contributed by atoms with Crippen molar-refractivity contribution in [3.63, 3.8) is 0 Å². The van der Waals surface area contributed by atoms with Gasteiger partial charge in [0.1, 0.15) is 0 Å². The third kappa shape index (κ3) is 3.53. The third-order valence-electron chi connectivity index (χ3n) is 3.45. The molecule has 3 N–H and O–H groups in total. The number of halogens is 2. The number of fused-ring (bicyclic) bond motifs is 1. The fraction of sp³-hybridized carbons (Fsp3) is 0.538. The quantitative estimate of drug-likeness (QED) is 0.864. The summed E-state index contributed by atoms with van der Waals surface area (Å²) >= 11 is 0. The molecule has 0 amide bonds. The summed E-state index contributed by atoms with van der Waals surface area (Å²) in [7, 11) is -3.92. The summed E-state index contributed by atoms with van der Waals surface area (Å²) in [5.74, 6) is -3.23. The van der Waals surface area contributed by atoms with Gasteiger partial charge in [-0.1, -0.05) is 6.07 Å². The van der Waals surface area contributed by atoms with Crippen LogP contribution in [-0.4, -0.2) is 27.4 Å². The van der Waals surface area contributed by atoms with Crippen LogP contribution in [0.4, 0.5) is 8.78 Å². The Hall–Kier alpha value is -1.05. The summed E-state index contributed by atoms with van der Waals surface area (Å²) in [6, 6.07) is 4.81. The number of nitrogens with two attached hydrogens (primary N) is 1. The first kappa shape index (κ1) is 15.3. The summed E-state index contributed by atoms with van der Waals surface area (Å²) in [5, 5.41) is 0. The number of rotatable bonds is 5. The monoisotopic (exact) mass is 304 g/mol. The van der Waals surface area contributed by atoms with Crippen LogP contribution in [0.1, 0.15) is 24.0 Å². The van der Waals surface area contributed by atoms with E-state index in [9.17, 15) is 17.2 Å². The zero-order valence-electron chi connectivity index (χ0n) is 11.0. The second-order valence-corrected chi connectivity index (χ2v) is 6.79. The predicted molar refractivity (Wildman–Crippen MR) is 72.3 cm³/mol. The van der Waals surface area contributed by atoms with Crippen LogP contribution in [0, 0.1) is 0 Å². The molecular formula is C13H18F2N2O2S. The van der Waals surface area contributed by atoms with Crippen LogP contribution in [0.25, 0.3) is 0 Å². The Labute approximate surface area is 117 Å². The molecule has 0 saturated carbocycles. The summed E-state index contributed by atoms with van der Waals surface area (Å²) in [5.41, 5.74) is 7.01. The van der Waals surface area contributed by atoms with Gasteiger partial charge >= 0.3 is 0 Å². The molecule has 4 nitrogen and oxygen atoms in total. The summed E-state index contributed by atoms with van der Waals surface area (Å²) in [4.78, 5) is 0.0333. The molecule has 112 valence electrons. The van der Waals surface area contributed by atoms with E-state index in [0.29, 0.717) is 0 Å². The minimum atomic E-state index is -3.92. The molecule has 0 saturated heterocycles. The lowest BCUT2D eigenvalue weighted by Crippen LogP contribution is -2.41. The van der Waals surface area contributed by atoms with Crippen molar-refractivity contribution < 1.29 is 17.2 Å². The predicted octanol–water partition coefficient (Wildman–Crippen LogP) is 1.44. The molecule has 1 aromatic carbocycles. The van der Waals surface area contributed by atoms with E-state index in [1.165, 1.54) is 6.07 Å². The fourth-order valence-corrected chi connectivity index (χ4v) is 3.35. The normalized spacial score (nSPS) is 15.9. The highest BCUT2D eigenvalue weighted by molar-refractivity contribution is 7.89. The Kier molecular flexibility index (Phi) is 4.41. The Morgan fingerprint density at radius 1 is 1.20 bits per heavy atom. The Morgan fingerprint density at radius 3 is 2.50 bits per heavy atom. The molecule has 0 unspecified atom stereocenters. The maximum atomic E-state index is 13.0. The van der Waals surface area contributed by atoms with Gasteiger partial charge in [0.25, 0.3) is 5.92 Å². The van der Waals surface area contributed by atoms with Crippen molar-refractivity contribution in [3.05, 3.63) is 29.3 Å². The first-order chi connectivity index (χ1) is 9.34. The van der Waals surface area contributed by atoms with Gasteiger partial charge in [0.2, 0.25) is 10.0 Å². The smallest absolute Gasteiger partial charge is 0.273 e. The highest BCUT2D eigenvalue weighted by atomic mass is 32.2. The largest absolute Gasteiger partial charge is 0.325 e. The van der Waals surface area contributed by atoms with Gasteiger partial charge in [0, 0.05) is 0 Å². The van der Waals surface area contributed by atoms with Gasteiger partial charge in [-0.15, -0.1) is 0 Å². The second-order valence-electron chi connectivity index (χ2n) is 5.02. The van der Waals surface area contributed by atoms with Crippen molar-refractivity contribution in [2.24, 2.45) is 5.73 Å². The van der Waals surface area contributed by atoms with Crippen LogP contribution in [0.2, 0.25) is 0 Å². The highest BCUT2D eigenvalue weighted by Gasteiger charge is 2.29. The molecule has 0 heterocycles. The maximum Gasteiger partial charge on any atom is 0.273 e. The molecule has 0 aromatic heterocycles. The molecule has 0 radical (unpaired) electrons. The van der Waals surface area contributed by atoms with Crippen LogP contribution in [-0.2, 0) is 22.9 Å². The first-order valence-corrected chi connectivity index (χ1v) is 8.02. The minimum absolute atomic E-state index is 0.0333. The second kappa shape index (κ2) is 5.75. The molecule has 0 fully saturated rings. The summed E-state index contributed by atoms with van der Waals surface area (Å²) < 4.78 is 51.9. The summed E-state index contributed by atoms with van der Waals surface area (Å²) in [6.45, 7) is -1.87. The van der Waals surface area contributed by atoms with Crippen molar-refractivity contribution >= 4 is 10.0 Å². The van der Waals surface area contributed by atoms with E-state index in [1.54, 1.807) is 12.1 Å². The third-order valence-corrected chi connectivity index (χ3v) is 4.85. The Bertz CT molecular complexity index is 588. The topological polar surface area (TPSA) is 72.2 Å². The van der Waals surface area contributed by atoms with Gasteiger partial charge in [-0.05, 0) is 48.9 Å². The molecule has 7 heteroatoms. The molecular weight excluding hydrogens is 286 g/mol. The minimum Gasteiger partial charge on any atom is -0.325 e. The van der Waals surface area contributed by atoms with Gasteiger partial charge in [-0.3, -0.25) is 0 Å². The van der Waals surface area contributed by atoms with Crippen molar-refractivity contribution in [1.29, 1.82) is 0 Å². The SMILES string of the molecule is NCC(F)(F)CNS(=O)(=O)c1ccc2c(c1)CCCC2. The number of sulfonamides is 1. The number of hydrogen-bond donors (Lipinski definition) is 2. The molecule has 2 rings (SSSR count). The van der Waals surface area contributed by atoms with Crippen molar-refractivity contribution in [2.45, 2.75) is 36.5 Å². The maximum absolute atomic E-state index is 13.0. The van der Waals surface area contributed by atoms with E-state index in [1.807, 2.05) is 4.72 Å². The Balaban J connectivity index is 2.17. The first-order valence-electron chi connectivity index (χ1n) is 6.53. The average molecular weight is 304 g/mol. The lowest BCUT2D eigenvalue weighted by atomic mass is 9.92. The lowest BCUT2D eigenvalue weighted by molar-refractivity contribution is 0.0170. The molecule has 0 bridgehead atoms. The van der Waals surface area contributed by atoms with Crippen molar-refractivity contribution in [1.82, 2.24) is 4.72 Å². The van der Waals surface area contributed by atoms with Crippen LogP contribution in [0.3, 0.4) is 0 Å². The average Bonchev–Trinajstić information content (AvgIpc) is 2.45. The van der Waals surface area contributed by atoms with E-state index >= 15 is 0 Å². The number of benzene rings is 1. The van der Waals surface area contributed by atoms with Gasteiger partial charge in [-0.2, -0.15) is 0 Å². The molecule has 1 aliphatic carbocycles. The van der Waals surface area contributed by atoms with E-state index in [-0.39, 0.29) is 4.90 Å². The number of alkyl halides is 2.